The van der Waals surface area contributed by atoms with Crippen LogP contribution in [0, 0.1) is 6.92 Å². The summed E-state index contributed by atoms with van der Waals surface area (Å²) < 4.78 is 5.31. The molecular weight excluding hydrogens is 322 g/mol. The van der Waals surface area contributed by atoms with Gasteiger partial charge in [-0.3, -0.25) is 0 Å². The fourth-order valence-electron chi connectivity index (χ4n) is 1.90. The maximum atomic E-state index is 12.1. The average Bonchev–Trinajstić information content (AvgIpc) is 3.12. The molecule has 3 rings (SSSR count). The first kappa shape index (κ1) is 14.6. The van der Waals surface area contributed by atoms with Crippen LogP contribution in [-0.4, -0.2) is 11.2 Å². The molecule has 112 valence electrons. The fourth-order valence-corrected chi connectivity index (χ4v) is 2.74. The second-order valence-electron chi connectivity index (χ2n) is 4.54. The van der Waals surface area contributed by atoms with Gasteiger partial charge in [-0.15, -0.1) is 11.3 Å². The molecule has 0 unspecified atom stereocenters. The first-order valence-electron chi connectivity index (χ1n) is 6.47. The molecule has 2 N–H and O–H groups in total. The van der Waals surface area contributed by atoms with E-state index in [1.54, 1.807) is 31.2 Å². The second-order valence-corrected chi connectivity index (χ2v) is 5.92. The summed E-state index contributed by atoms with van der Waals surface area (Å²) in [5.74, 6) is 0.554. The van der Waals surface area contributed by atoms with Crippen LogP contribution < -0.4 is 10.6 Å². The number of rotatable bonds is 3. The van der Waals surface area contributed by atoms with E-state index in [9.17, 15) is 4.79 Å². The molecule has 0 spiro atoms. The summed E-state index contributed by atoms with van der Waals surface area (Å²) in [6.07, 6.45) is 0. The van der Waals surface area contributed by atoms with Crippen LogP contribution in [-0.2, 0) is 0 Å². The van der Waals surface area contributed by atoms with Crippen molar-refractivity contribution in [1.82, 2.24) is 5.16 Å². The predicted molar refractivity (Wildman–Crippen MR) is 88.6 cm³/mol. The molecule has 0 saturated heterocycles. The van der Waals surface area contributed by atoms with Crippen molar-refractivity contribution >= 4 is 40.3 Å². The van der Waals surface area contributed by atoms with Crippen LogP contribution in [0.5, 0.6) is 0 Å². The van der Waals surface area contributed by atoms with Crippen LogP contribution in [0.4, 0.5) is 16.2 Å². The Labute approximate surface area is 135 Å². The molecule has 0 aliphatic heterocycles. The molecule has 5 nitrogen and oxygen atoms in total. The molecular formula is C15H12ClN3O2S. The molecule has 0 saturated carbocycles. The van der Waals surface area contributed by atoms with Crippen molar-refractivity contribution in [3.63, 3.8) is 0 Å². The number of thiophene rings is 1. The number of nitrogens with zero attached hydrogens (tertiary/aromatic N) is 1. The Balaban J connectivity index is 1.77. The third kappa shape index (κ3) is 3.13. The van der Waals surface area contributed by atoms with Gasteiger partial charge in [-0.1, -0.05) is 22.8 Å². The number of aromatic nitrogens is 1. The molecule has 0 fully saturated rings. The normalized spacial score (nSPS) is 10.5. The standard InChI is InChI=1S/C15H12ClN3O2S/c1-9-13(14(21-19-9)12-3-2-8-22-12)18-15(20)17-11-6-4-10(16)5-7-11/h2-8H,1H3,(H2,17,18,20). The first-order valence-corrected chi connectivity index (χ1v) is 7.73. The zero-order valence-corrected chi connectivity index (χ0v) is 13.2. The lowest BCUT2D eigenvalue weighted by atomic mass is 10.2. The highest BCUT2D eigenvalue weighted by atomic mass is 35.5. The number of benzene rings is 1. The van der Waals surface area contributed by atoms with Crippen molar-refractivity contribution in [1.29, 1.82) is 0 Å². The van der Waals surface area contributed by atoms with Gasteiger partial charge in [0.2, 0.25) is 5.76 Å². The molecule has 2 aromatic heterocycles. The van der Waals surface area contributed by atoms with Crippen LogP contribution in [0.2, 0.25) is 5.02 Å². The van der Waals surface area contributed by atoms with Crippen molar-refractivity contribution in [2.75, 3.05) is 10.6 Å². The van der Waals surface area contributed by atoms with E-state index in [1.807, 2.05) is 17.5 Å². The van der Waals surface area contributed by atoms with Gasteiger partial charge in [-0.05, 0) is 42.6 Å². The van der Waals surface area contributed by atoms with Crippen LogP contribution in [0.1, 0.15) is 5.69 Å². The Morgan fingerprint density at radius 1 is 1.23 bits per heavy atom. The monoisotopic (exact) mass is 333 g/mol. The SMILES string of the molecule is Cc1noc(-c2cccs2)c1NC(=O)Nc1ccc(Cl)cc1. The number of amides is 2. The Hall–Kier alpha value is -2.31. The number of halogens is 1. The lowest BCUT2D eigenvalue weighted by Crippen LogP contribution is -2.19. The minimum Gasteiger partial charge on any atom is -0.353 e. The topological polar surface area (TPSA) is 67.2 Å². The summed E-state index contributed by atoms with van der Waals surface area (Å²) in [6.45, 7) is 1.78. The van der Waals surface area contributed by atoms with E-state index in [0.29, 0.717) is 27.9 Å². The average molecular weight is 334 g/mol. The van der Waals surface area contributed by atoms with E-state index in [4.69, 9.17) is 16.1 Å². The zero-order chi connectivity index (χ0) is 15.5. The van der Waals surface area contributed by atoms with Crippen LogP contribution >= 0.6 is 22.9 Å². The number of aryl methyl sites for hydroxylation is 1. The summed E-state index contributed by atoms with van der Waals surface area (Å²) in [5, 5.41) is 12.0. The highest BCUT2D eigenvalue weighted by molar-refractivity contribution is 7.13. The number of carbonyl (C=O) groups excluding carboxylic acids is 1. The van der Waals surface area contributed by atoms with Crippen molar-refractivity contribution < 1.29 is 9.32 Å². The van der Waals surface area contributed by atoms with Crippen LogP contribution in [0.3, 0.4) is 0 Å². The smallest absolute Gasteiger partial charge is 0.323 e. The third-order valence-corrected chi connectivity index (χ3v) is 4.07. The van der Waals surface area contributed by atoms with Crippen molar-refractivity contribution in [3.8, 4) is 10.6 Å². The van der Waals surface area contributed by atoms with Crippen LogP contribution in [0.25, 0.3) is 10.6 Å². The molecule has 0 aliphatic carbocycles. The van der Waals surface area contributed by atoms with Crippen molar-refractivity contribution in [3.05, 3.63) is 52.5 Å². The number of anilines is 2. The molecule has 2 heterocycles. The van der Waals surface area contributed by atoms with Gasteiger partial charge in [-0.25, -0.2) is 4.79 Å². The van der Waals surface area contributed by atoms with Gasteiger partial charge in [0.25, 0.3) is 0 Å². The maximum absolute atomic E-state index is 12.1. The highest BCUT2D eigenvalue weighted by Crippen LogP contribution is 2.33. The predicted octanol–water partition coefficient (Wildman–Crippen LogP) is 5.01. The van der Waals surface area contributed by atoms with Gasteiger partial charge < -0.3 is 15.2 Å². The van der Waals surface area contributed by atoms with E-state index < -0.39 is 0 Å². The lowest BCUT2D eigenvalue weighted by molar-refractivity contribution is 0.262. The van der Waals surface area contributed by atoms with Gasteiger partial charge in [0, 0.05) is 10.7 Å². The summed E-state index contributed by atoms with van der Waals surface area (Å²) in [7, 11) is 0. The van der Waals surface area contributed by atoms with E-state index in [1.165, 1.54) is 11.3 Å². The van der Waals surface area contributed by atoms with E-state index in [0.717, 1.165) is 4.88 Å². The molecule has 0 atom stereocenters. The Kier molecular flexibility index (Phi) is 4.13. The minimum absolute atomic E-state index is 0.369. The van der Waals surface area contributed by atoms with Gasteiger partial charge in [-0.2, -0.15) is 0 Å². The van der Waals surface area contributed by atoms with E-state index in [2.05, 4.69) is 15.8 Å². The molecule has 1 aromatic carbocycles. The molecule has 3 aromatic rings. The molecule has 22 heavy (non-hydrogen) atoms. The van der Waals surface area contributed by atoms with Gasteiger partial charge >= 0.3 is 6.03 Å². The minimum atomic E-state index is -0.369. The first-order chi connectivity index (χ1) is 10.6. The summed E-state index contributed by atoms with van der Waals surface area (Å²) in [6, 6.07) is 10.3. The second kappa shape index (κ2) is 6.21. The summed E-state index contributed by atoms with van der Waals surface area (Å²) in [5.41, 5.74) is 1.83. The number of nitrogens with one attached hydrogen (secondary N) is 2. The third-order valence-electron chi connectivity index (χ3n) is 2.95. The lowest BCUT2D eigenvalue weighted by Gasteiger charge is -2.07. The fraction of sp³-hybridized carbons (Fsp3) is 0.0667. The summed E-state index contributed by atoms with van der Waals surface area (Å²) in [4.78, 5) is 13.0. The summed E-state index contributed by atoms with van der Waals surface area (Å²) >= 11 is 7.33. The number of urea groups is 1. The number of carbonyl (C=O) groups is 1. The maximum Gasteiger partial charge on any atom is 0.323 e. The number of hydrogen-bond donors (Lipinski definition) is 2. The van der Waals surface area contributed by atoms with E-state index >= 15 is 0 Å². The quantitative estimate of drug-likeness (QED) is 0.708. The highest BCUT2D eigenvalue weighted by Gasteiger charge is 2.18. The van der Waals surface area contributed by atoms with Gasteiger partial charge in [0.1, 0.15) is 11.4 Å². The van der Waals surface area contributed by atoms with Crippen molar-refractivity contribution in [2.24, 2.45) is 0 Å². The largest absolute Gasteiger partial charge is 0.353 e. The van der Waals surface area contributed by atoms with Gasteiger partial charge in [0.05, 0.1) is 4.88 Å². The molecule has 0 radical (unpaired) electrons. The molecule has 7 heteroatoms. The Morgan fingerprint density at radius 2 is 2.00 bits per heavy atom. The Bertz CT molecular complexity index is 782. The molecule has 0 aliphatic rings. The van der Waals surface area contributed by atoms with Crippen molar-refractivity contribution in [2.45, 2.75) is 6.92 Å². The van der Waals surface area contributed by atoms with Gasteiger partial charge in [0.15, 0.2) is 0 Å². The zero-order valence-electron chi connectivity index (χ0n) is 11.6. The molecule has 0 bridgehead atoms. The molecule has 2 amide bonds. The van der Waals surface area contributed by atoms with E-state index in [-0.39, 0.29) is 6.03 Å². The number of hydrogen-bond acceptors (Lipinski definition) is 4. The Morgan fingerprint density at radius 3 is 2.68 bits per heavy atom. The van der Waals surface area contributed by atoms with Crippen LogP contribution in [0.15, 0.2) is 46.3 Å².